The maximum atomic E-state index is 12.8. The summed E-state index contributed by atoms with van der Waals surface area (Å²) in [6, 6.07) is 16.2. The molecule has 0 amide bonds. The van der Waals surface area contributed by atoms with Gasteiger partial charge in [0.05, 0.1) is 12.0 Å². The molecule has 44 heavy (non-hydrogen) atoms. The molecule has 5 heteroatoms. The lowest BCUT2D eigenvalue weighted by Gasteiger charge is -2.44. The van der Waals surface area contributed by atoms with E-state index in [0.29, 0.717) is 24.7 Å². The van der Waals surface area contributed by atoms with Crippen LogP contribution in [-0.2, 0) is 21.4 Å². The molecule has 7 atom stereocenters. The van der Waals surface area contributed by atoms with Gasteiger partial charge in [0.1, 0.15) is 12.0 Å². The number of aliphatic carboxylic acids is 1. The highest BCUT2D eigenvalue weighted by atomic mass is 16.4. The lowest BCUT2D eigenvalue weighted by atomic mass is 9.60. The van der Waals surface area contributed by atoms with E-state index in [-0.39, 0.29) is 17.6 Å². The van der Waals surface area contributed by atoms with Gasteiger partial charge < -0.3 is 20.1 Å². The van der Waals surface area contributed by atoms with Crippen LogP contribution in [0.15, 0.2) is 72.8 Å². The van der Waals surface area contributed by atoms with Crippen molar-refractivity contribution in [3.63, 3.8) is 0 Å². The predicted octanol–water partition coefficient (Wildman–Crippen LogP) is 8.29. The Labute approximate surface area is 263 Å². The maximum absolute atomic E-state index is 12.8. The fourth-order valence-corrected chi connectivity index (χ4v) is 8.51. The molecule has 0 aliphatic heterocycles. The molecular weight excluding hydrogens is 548 g/mol. The zero-order valence-corrected chi connectivity index (χ0v) is 26.0. The number of unbranched alkanes of at least 4 members (excludes halogenated alkanes) is 2. The van der Waals surface area contributed by atoms with Crippen molar-refractivity contribution in [3.05, 3.63) is 89.5 Å². The molecule has 3 aliphatic rings. The van der Waals surface area contributed by atoms with Crippen LogP contribution in [0.4, 0.5) is 0 Å². The number of aromatic hydroxyl groups is 1. The Kier molecular flexibility index (Phi) is 11.1. The van der Waals surface area contributed by atoms with Crippen molar-refractivity contribution in [2.45, 2.75) is 107 Å². The summed E-state index contributed by atoms with van der Waals surface area (Å²) in [5, 5.41) is 31.3. The Morgan fingerprint density at radius 2 is 1.82 bits per heavy atom. The molecule has 0 aromatic heterocycles. The minimum Gasteiger partial charge on any atom is -0.508 e. The molecule has 0 radical (unpaired) electrons. The summed E-state index contributed by atoms with van der Waals surface area (Å²) >= 11 is 0. The fraction of sp³-hybridized carbons (Fsp3) is 0.538. The van der Waals surface area contributed by atoms with Gasteiger partial charge in [0.15, 0.2) is 0 Å². The number of allylic oxidation sites excluding steroid dienone is 4. The topological polar surface area (TPSA) is 94.8 Å². The van der Waals surface area contributed by atoms with E-state index in [1.165, 1.54) is 11.1 Å². The van der Waals surface area contributed by atoms with Crippen LogP contribution in [0.5, 0.6) is 5.75 Å². The number of carbonyl (C=O) groups is 2. The van der Waals surface area contributed by atoms with Gasteiger partial charge >= 0.3 is 5.97 Å². The van der Waals surface area contributed by atoms with Gasteiger partial charge in [-0.25, -0.2) is 0 Å². The predicted molar refractivity (Wildman–Crippen MR) is 175 cm³/mol. The van der Waals surface area contributed by atoms with Gasteiger partial charge in [-0.3, -0.25) is 4.79 Å². The Hall–Kier alpha value is -3.18. The fourth-order valence-electron chi connectivity index (χ4n) is 8.51. The quantitative estimate of drug-likeness (QED) is 0.145. The second kappa shape index (κ2) is 15.2. The molecule has 1 fully saturated rings. The molecule has 0 unspecified atom stereocenters. The second-order valence-electron chi connectivity index (χ2n) is 13.7. The van der Waals surface area contributed by atoms with Crippen LogP contribution in [0.2, 0.25) is 0 Å². The summed E-state index contributed by atoms with van der Waals surface area (Å²) in [6.45, 7) is 0. The number of hydrogen-bond acceptors (Lipinski definition) is 4. The van der Waals surface area contributed by atoms with E-state index in [2.05, 4.69) is 60.7 Å². The van der Waals surface area contributed by atoms with Crippen molar-refractivity contribution in [1.29, 1.82) is 0 Å². The van der Waals surface area contributed by atoms with Crippen LogP contribution in [0, 0.1) is 23.7 Å². The third-order valence-electron chi connectivity index (χ3n) is 10.9. The van der Waals surface area contributed by atoms with Gasteiger partial charge in [-0.1, -0.05) is 80.0 Å². The normalized spacial score (nSPS) is 30.2. The lowest BCUT2D eigenvalue weighted by Crippen LogP contribution is -2.45. The summed E-state index contributed by atoms with van der Waals surface area (Å²) < 4.78 is 0. The molecule has 3 aliphatic carbocycles. The number of carbonyl (C=O) groups excluding carboxylic acids is 1. The molecule has 1 saturated carbocycles. The molecule has 0 heterocycles. The molecule has 1 spiro atoms. The Balaban J connectivity index is 1.39. The number of carboxylic acid groups (broad SMARTS) is 1. The van der Waals surface area contributed by atoms with E-state index < -0.39 is 23.4 Å². The minimum absolute atomic E-state index is 0.130. The summed E-state index contributed by atoms with van der Waals surface area (Å²) in [5.41, 5.74) is 2.85. The molecular formula is C39H50O5. The first-order valence-electron chi connectivity index (χ1n) is 17.0. The summed E-state index contributed by atoms with van der Waals surface area (Å²) in [7, 11) is 0. The van der Waals surface area contributed by atoms with Crippen LogP contribution in [0.1, 0.15) is 106 Å². The summed E-state index contributed by atoms with van der Waals surface area (Å²) in [6.07, 6.45) is 21.7. The third kappa shape index (κ3) is 7.72. The first kappa shape index (κ1) is 32.2. The van der Waals surface area contributed by atoms with Crippen LogP contribution in [-0.4, -0.2) is 33.7 Å². The zero-order valence-electron chi connectivity index (χ0n) is 26.0. The smallest absolute Gasteiger partial charge is 0.307 e. The average Bonchev–Trinajstić information content (AvgIpc) is 3.55. The molecule has 236 valence electrons. The first-order valence-corrected chi connectivity index (χ1v) is 17.0. The van der Waals surface area contributed by atoms with Crippen LogP contribution >= 0.6 is 0 Å². The maximum Gasteiger partial charge on any atom is 0.307 e. The van der Waals surface area contributed by atoms with E-state index in [4.69, 9.17) is 0 Å². The molecule has 5 nitrogen and oxygen atoms in total. The Morgan fingerprint density at radius 1 is 1.00 bits per heavy atom. The average molecular weight is 599 g/mol. The van der Waals surface area contributed by atoms with Gasteiger partial charge in [-0.15, -0.1) is 0 Å². The molecule has 0 saturated heterocycles. The van der Waals surface area contributed by atoms with Crippen LogP contribution in [0.25, 0.3) is 0 Å². The highest BCUT2D eigenvalue weighted by Crippen LogP contribution is 2.48. The highest BCUT2D eigenvalue weighted by Gasteiger charge is 2.47. The standard InChI is InChI=1S/C39H50O5/c40-27-32(29-11-4-5-12-29)15-3-1-2-13-30-14-6-7-18-37(38(43)44)39(23-9-17-35(42)26-39)33-16-8-10-28(24-33)25-36(30)31-19-21-34(41)22-20-31/h4,6-8,10-11,16,19-22,24,27,29-30,32,35-37,41-42H,1-3,5,9,12-15,17-18,23,25-26H2,(H,43,44)/b7-6+/t29-,30-,32-,35-,36-,37+,39-/m1/s1. The highest BCUT2D eigenvalue weighted by molar-refractivity contribution is 5.73. The van der Waals surface area contributed by atoms with Crippen LogP contribution in [0.3, 0.4) is 0 Å². The number of benzene rings is 2. The Bertz CT molecular complexity index is 1300. The van der Waals surface area contributed by atoms with Crippen molar-refractivity contribution in [2.24, 2.45) is 23.7 Å². The number of phenols is 1. The van der Waals surface area contributed by atoms with E-state index in [1.807, 2.05) is 0 Å². The van der Waals surface area contributed by atoms with Crippen molar-refractivity contribution in [3.8, 4) is 5.75 Å². The first-order chi connectivity index (χ1) is 21.4. The largest absolute Gasteiger partial charge is 0.508 e. The van der Waals surface area contributed by atoms with Gasteiger partial charge in [-0.05, 0) is 117 Å². The number of carboxylic acids is 1. The SMILES string of the molecule is O=C[C@@H](CCCCC[C@@H]1C/C=C/C[C@@H](C(=O)O)[C@@]2(CCC[C@@H](O)C2)c2cccc(c2)C[C@H]1c1ccc(O)cc1)[C@@H]1C=CCC1. The Morgan fingerprint density at radius 3 is 2.55 bits per heavy atom. The van der Waals surface area contributed by atoms with E-state index in [0.717, 1.165) is 88.9 Å². The van der Waals surface area contributed by atoms with E-state index in [9.17, 15) is 24.9 Å². The van der Waals surface area contributed by atoms with Gasteiger partial charge in [0.2, 0.25) is 0 Å². The summed E-state index contributed by atoms with van der Waals surface area (Å²) in [4.78, 5) is 24.5. The zero-order chi connectivity index (χ0) is 30.9. The number of aliphatic hydroxyl groups excluding tert-OH is 1. The number of fused-ring (bicyclic) bond motifs is 3. The monoisotopic (exact) mass is 598 g/mol. The minimum atomic E-state index is -0.786. The van der Waals surface area contributed by atoms with E-state index in [1.54, 1.807) is 12.1 Å². The lowest BCUT2D eigenvalue weighted by molar-refractivity contribution is -0.145. The molecule has 2 aromatic rings. The van der Waals surface area contributed by atoms with Gasteiger partial charge in [0.25, 0.3) is 0 Å². The number of aldehydes is 1. The summed E-state index contributed by atoms with van der Waals surface area (Å²) in [5.74, 6) is 0.0214. The van der Waals surface area contributed by atoms with E-state index >= 15 is 0 Å². The number of aliphatic hydroxyl groups is 1. The molecule has 2 aromatic carbocycles. The molecule has 3 N–H and O–H groups in total. The van der Waals surface area contributed by atoms with Crippen molar-refractivity contribution >= 4 is 12.3 Å². The van der Waals surface area contributed by atoms with Gasteiger partial charge in [0, 0.05) is 11.3 Å². The van der Waals surface area contributed by atoms with Gasteiger partial charge in [-0.2, -0.15) is 0 Å². The molecule has 2 bridgehead atoms. The number of phenolic OH excluding ortho intramolecular Hbond substituents is 1. The van der Waals surface area contributed by atoms with Crippen molar-refractivity contribution < 1.29 is 24.9 Å². The van der Waals surface area contributed by atoms with Crippen molar-refractivity contribution in [2.75, 3.05) is 0 Å². The second-order valence-corrected chi connectivity index (χ2v) is 13.7. The van der Waals surface area contributed by atoms with Crippen LogP contribution < -0.4 is 0 Å². The number of hydrogen-bond donors (Lipinski definition) is 3. The number of rotatable bonds is 10. The third-order valence-corrected chi connectivity index (χ3v) is 10.9. The van der Waals surface area contributed by atoms with Crippen molar-refractivity contribution in [1.82, 2.24) is 0 Å². The molecule has 5 rings (SSSR count).